The molecule has 6 aliphatic rings. The minimum absolute atomic E-state index is 0. The van der Waals surface area contributed by atoms with Gasteiger partial charge in [-0.1, -0.05) is 29.5 Å². The average molecular weight is 1240 g/mol. The summed E-state index contributed by atoms with van der Waals surface area (Å²) in [6, 6.07) is -1.52. The highest BCUT2D eigenvalue weighted by Crippen LogP contribution is 2.63. The minimum Gasteiger partial charge on any atom is -1.00 e. The van der Waals surface area contributed by atoms with E-state index in [9.17, 15) is 44.1 Å². The zero-order valence-electron chi connectivity index (χ0n) is 44.8. The van der Waals surface area contributed by atoms with Crippen LogP contribution in [0, 0.1) is 27.3 Å². The molecule has 80 heavy (non-hydrogen) atoms. The van der Waals surface area contributed by atoms with E-state index in [0.29, 0.717) is 40.9 Å². The predicted octanol–water partition coefficient (Wildman–Crippen LogP) is -3.55. The Morgan fingerprint density at radius 1 is 0.662 bits per heavy atom. The molecule has 0 radical (unpaired) electrons. The van der Waals surface area contributed by atoms with Crippen LogP contribution in [0.15, 0.2) is 65.9 Å². The highest BCUT2D eigenvalue weighted by atomic mass is 127. The van der Waals surface area contributed by atoms with Crippen molar-refractivity contribution in [2.45, 2.75) is 159 Å². The molecule has 430 valence electrons. The number of fused-ring (bicyclic) bond motifs is 15. The molecule has 33 heteroatoms. The Labute approximate surface area is 471 Å². The number of H-pyrrole nitrogens is 3. The van der Waals surface area contributed by atoms with Crippen molar-refractivity contribution in [2.24, 2.45) is 0 Å². The first-order valence-corrected chi connectivity index (χ1v) is 26.7. The third-order valence-corrected chi connectivity index (χ3v) is 17.6. The summed E-state index contributed by atoms with van der Waals surface area (Å²) >= 11 is 0. The molecule has 6 aromatic rings. The lowest BCUT2D eigenvalue weighted by molar-refractivity contribution is -0.143. The van der Waals surface area contributed by atoms with Crippen molar-refractivity contribution in [2.75, 3.05) is 19.8 Å². The maximum Gasteiger partial charge on any atom is 0.330 e. The van der Waals surface area contributed by atoms with E-state index < -0.39 is 121 Å². The van der Waals surface area contributed by atoms with Gasteiger partial charge in [-0.3, -0.25) is 43.0 Å². The lowest BCUT2D eigenvalue weighted by Crippen LogP contribution is -3.00. The summed E-state index contributed by atoms with van der Waals surface area (Å²) in [6.07, 6.45) is 5.20. The summed E-state index contributed by atoms with van der Waals surface area (Å²) < 4.78 is 42.2. The number of aliphatic hydroxyl groups is 3. The van der Waals surface area contributed by atoms with Gasteiger partial charge in [-0.05, 0) is 61.3 Å². The molecule has 3 saturated heterocycles. The van der Waals surface area contributed by atoms with Crippen molar-refractivity contribution in [3.05, 3.63) is 145 Å². The molecular formula is C47H60IN17O14P-. The first-order chi connectivity index (χ1) is 37.6. The first kappa shape index (κ1) is 58.4. The van der Waals surface area contributed by atoms with Gasteiger partial charge >= 0.3 is 17.1 Å². The van der Waals surface area contributed by atoms with Crippen LogP contribution in [0.25, 0.3) is 4.85 Å². The molecule has 31 nitrogen and oxygen atoms in total. The number of nitrogens with zero attached hydrogens (tertiary/aromatic N) is 14. The van der Waals surface area contributed by atoms with Gasteiger partial charge in [0.05, 0.1) is 42.3 Å². The van der Waals surface area contributed by atoms with Crippen LogP contribution in [0.3, 0.4) is 0 Å². The summed E-state index contributed by atoms with van der Waals surface area (Å²) in [5.41, 5.74) is -3.30. The molecule has 12 heterocycles. The van der Waals surface area contributed by atoms with E-state index in [1.807, 2.05) is 13.8 Å². The molecule has 0 amide bonds. The molecule has 0 saturated carbocycles. The average Bonchev–Trinajstić information content (AvgIpc) is 3.94. The SMILES string of the molecule is CC[C@@]12O[C@@H](n3cc(C)c(=O)[nH]c3=O)[C@H](C1O)n1nncc12.Cc1cn([C@@H]2O[C@@]3(CO)c4cnnn4[C@H]2C3O)c(=O)[nH]c1=O.[C-]#[N+]CCOP(OC1[C@H]2[C@H](n3cc(C)c(=O)[nH]c3=O)O[C@@]1(CC)c1cnnn12)N(C(C)C)C(C)C.[I-]. The zero-order valence-corrected chi connectivity index (χ0v) is 47.8. The number of aromatic amines is 3. The number of aromatic nitrogens is 15. The highest BCUT2D eigenvalue weighted by molar-refractivity contribution is 7.44. The maximum absolute atomic E-state index is 12.8. The molecule has 0 aliphatic carbocycles. The van der Waals surface area contributed by atoms with Gasteiger partial charge in [0, 0.05) is 47.4 Å². The van der Waals surface area contributed by atoms with Crippen molar-refractivity contribution >= 4 is 8.53 Å². The van der Waals surface area contributed by atoms with Crippen LogP contribution in [0.2, 0.25) is 0 Å². The van der Waals surface area contributed by atoms with E-state index in [0.717, 1.165) is 5.69 Å². The van der Waals surface area contributed by atoms with Crippen LogP contribution >= 0.6 is 8.53 Å². The summed E-state index contributed by atoms with van der Waals surface area (Å²) in [5.74, 6) is 0. The number of halogens is 1. The van der Waals surface area contributed by atoms with Crippen molar-refractivity contribution in [3.8, 4) is 0 Å². The van der Waals surface area contributed by atoms with E-state index in [-0.39, 0.29) is 49.2 Å². The van der Waals surface area contributed by atoms with Crippen LogP contribution in [-0.4, -0.2) is 144 Å². The van der Waals surface area contributed by atoms with Crippen molar-refractivity contribution in [1.82, 2.24) is 78.3 Å². The molecule has 13 atom stereocenters. The smallest absolute Gasteiger partial charge is 0.330 e. The Balaban J connectivity index is 0.000000150. The molecule has 3 fully saturated rings. The van der Waals surface area contributed by atoms with Crippen LogP contribution in [0.1, 0.15) is 125 Å². The van der Waals surface area contributed by atoms with E-state index in [1.165, 1.54) is 43.2 Å². The van der Waals surface area contributed by atoms with E-state index in [1.54, 1.807) is 42.5 Å². The standard InChI is InChI=1S/C22H32N7O5P.C13H15N5O4.C12H13N5O5.HI/c1-8-22-16-11-24-26-28(16)17(20(33-22)27-12-15(6)19(30)25-21(27)31)18(22)34-35(32-10-9-23-7)29(13(2)3)14(4)5;1-3-13-7-4-14-16-18(7)8(9(13)19)11(22-13)17-5-6(2)10(20)15-12(17)21;1-5-3-16(11(21)14-9(5)20)10-7-8(19)12(4-18,22-10)6-2-13-15-17(6)7;/h11-14,17-18,20H,8-10H2,1-6H3,(H,25,30,31);4-5,8-9,11,19H,3H2,1-2H3,(H,15,20,21);2-3,7-8,10,18-19H,4H2,1H3,(H,14,20,21);1H/p-1/t17-,18?,20+,22-,35?;8-,9?,11+,13-;7-,8?,10+,12-;/m000./s1. The zero-order chi connectivity index (χ0) is 56.8. The molecule has 0 aromatic carbocycles. The molecule has 12 rings (SSSR count). The fourth-order valence-corrected chi connectivity index (χ4v) is 13.5. The van der Waals surface area contributed by atoms with Crippen LogP contribution in [0.4, 0.5) is 0 Å². The molecule has 6 aromatic heterocycles. The summed E-state index contributed by atoms with van der Waals surface area (Å²) in [5, 5.41) is 54.7. The van der Waals surface area contributed by atoms with Gasteiger partial charge in [0.1, 0.15) is 54.2 Å². The lowest BCUT2D eigenvalue weighted by atomic mass is 9.93. The second-order valence-electron chi connectivity index (χ2n) is 20.6. The fourth-order valence-electron chi connectivity index (χ4n) is 11.7. The molecule has 6 N–H and O–H groups in total. The fraction of sp³-hybridized carbons (Fsp3) is 0.596. The molecule has 4 unspecified atom stereocenters. The van der Waals surface area contributed by atoms with Crippen molar-refractivity contribution in [3.63, 3.8) is 0 Å². The van der Waals surface area contributed by atoms with Crippen molar-refractivity contribution < 1.29 is 62.6 Å². The summed E-state index contributed by atoms with van der Waals surface area (Å²) in [7, 11) is -1.56. The third kappa shape index (κ3) is 8.91. The Bertz CT molecular complexity index is 3560. The normalized spacial score (nSPS) is 29.2. The van der Waals surface area contributed by atoms with Gasteiger partial charge < -0.3 is 67.4 Å². The number of rotatable bonds is 14. The monoisotopic (exact) mass is 1240 g/mol. The second kappa shape index (κ2) is 21.9. The van der Waals surface area contributed by atoms with Gasteiger partial charge in [-0.25, -0.2) is 39.7 Å². The number of hydrogen-bond acceptors (Lipinski definition) is 21. The minimum atomic E-state index is -1.56. The molecule has 6 bridgehead atoms. The molecule has 0 spiro atoms. The lowest BCUT2D eigenvalue weighted by Gasteiger charge is -2.38. The molecule has 6 aliphatic heterocycles. The van der Waals surface area contributed by atoms with Gasteiger partial charge in [0.25, 0.3) is 25.2 Å². The Morgan fingerprint density at radius 3 is 1.45 bits per heavy atom. The quantitative estimate of drug-likeness (QED) is 0.0266. The van der Waals surface area contributed by atoms with Gasteiger partial charge in [-0.2, -0.15) is 0 Å². The molecular weight excluding hydrogens is 1180 g/mol. The first-order valence-electron chi connectivity index (χ1n) is 25.5. The number of hydrogen-bond donors (Lipinski definition) is 6. The summed E-state index contributed by atoms with van der Waals surface area (Å²) in [6.45, 7) is 24.1. The Morgan fingerprint density at radius 2 is 1.04 bits per heavy atom. The van der Waals surface area contributed by atoms with E-state index >= 15 is 0 Å². The van der Waals surface area contributed by atoms with Crippen LogP contribution in [-0.2, 0) is 40.1 Å². The van der Waals surface area contributed by atoms with E-state index in [2.05, 4.69) is 83.1 Å². The van der Waals surface area contributed by atoms with Crippen LogP contribution < -0.4 is 57.7 Å². The van der Waals surface area contributed by atoms with Gasteiger partial charge in [-0.15, -0.1) is 15.3 Å². The highest BCUT2D eigenvalue weighted by Gasteiger charge is 2.68. The summed E-state index contributed by atoms with van der Waals surface area (Å²) in [4.78, 5) is 82.1. The van der Waals surface area contributed by atoms with Gasteiger partial charge in [0.15, 0.2) is 24.3 Å². The van der Waals surface area contributed by atoms with Crippen LogP contribution in [0.5, 0.6) is 0 Å². The number of nitrogens with one attached hydrogen (secondary N) is 3. The van der Waals surface area contributed by atoms with E-state index in [4.69, 9.17) is 29.8 Å². The Hall–Kier alpha value is -6.25. The third-order valence-electron chi connectivity index (χ3n) is 15.5. The number of ether oxygens (including phenoxy) is 3. The number of aryl methyl sites for hydroxylation is 3. The number of aliphatic hydroxyl groups excluding tert-OH is 3. The maximum atomic E-state index is 12.8. The topological polar surface area (TPSA) is 371 Å². The van der Waals surface area contributed by atoms with Crippen molar-refractivity contribution in [1.29, 1.82) is 0 Å². The largest absolute Gasteiger partial charge is 1.00 e. The van der Waals surface area contributed by atoms with Gasteiger partial charge in [0.2, 0.25) is 6.54 Å². The Kier molecular flexibility index (Phi) is 16.0. The second-order valence-corrected chi connectivity index (χ2v) is 22.0. The predicted molar refractivity (Wildman–Crippen MR) is 272 cm³/mol.